The van der Waals surface area contributed by atoms with Crippen molar-refractivity contribution in [3.05, 3.63) is 0 Å². The standard InChI is InChI=1S/C22H35NO2/c1-20(2)18(24)12-14-9-10-16-15-7-5-6-13(15)8-11-17(16)22(14,19(23)25)21(20,3)4/h13-17H,5-12H2,1-4H3,(H2,23,25). The molecule has 4 aliphatic rings. The summed E-state index contributed by atoms with van der Waals surface area (Å²) in [7, 11) is 0. The van der Waals surface area contributed by atoms with E-state index >= 15 is 0 Å². The van der Waals surface area contributed by atoms with E-state index < -0.39 is 10.8 Å². The molecule has 4 fully saturated rings. The van der Waals surface area contributed by atoms with Gasteiger partial charge in [-0.1, -0.05) is 40.5 Å². The van der Waals surface area contributed by atoms with Gasteiger partial charge in [-0.15, -0.1) is 0 Å². The summed E-state index contributed by atoms with van der Waals surface area (Å²) < 4.78 is 0. The molecule has 25 heavy (non-hydrogen) atoms. The van der Waals surface area contributed by atoms with Gasteiger partial charge < -0.3 is 5.73 Å². The molecule has 0 aromatic rings. The molecule has 3 heteroatoms. The third-order valence-corrected chi connectivity index (χ3v) is 9.84. The average molecular weight is 346 g/mol. The quantitative estimate of drug-likeness (QED) is 0.768. The number of primary amides is 1. The zero-order chi connectivity index (χ0) is 18.2. The van der Waals surface area contributed by atoms with Crippen molar-refractivity contribution in [1.29, 1.82) is 0 Å². The van der Waals surface area contributed by atoms with E-state index in [1.807, 2.05) is 0 Å². The van der Waals surface area contributed by atoms with E-state index in [1.165, 1.54) is 32.1 Å². The van der Waals surface area contributed by atoms with Crippen LogP contribution in [0.25, 0.3) is 0 Å². The second-order valence-electron chi connectivity index (χ2n) is 10.6. The lowest BCUT2D eigenvalue weighted by Crippen LogP contribution is -2.70. The van der Waals surface area contributed by atoms with Gasteiger partial charge in [-0.3, -0.25) is 9.59 Å². The number of Topliss-reactive ketones (excluding diaryl/α,β-unsaturated/α-hetero) is 1. The van der Waals surface area contributed by atoms with E-state index in [9.17, 15) is 9.59 Å². The summed E-state index contributed by atoms with van der Waals surface area (Å²) in [5.41, 5.74) is 4.85. The first kappa shape index (κ1) is 17.5. The Hall–Kier alpha value is -0.860. The third kappa shape index (κ3) is 1.93. The molecule has 140 valence electrons. The van der Waals surface area contributed by atoms with E-state index in [4.69, 9.17) is 5.73 Å². The Kier molecular flexibility index (Phi) is 3.74. The topological polar surface area (TPSA) is 60.2 Å². The molecule has 0 spiro atoms. The molecule has 3 nitrogen and oxygen atoms in total. The summed E-state index contributed by atoms with van der Waals surface area (Å²) in [5.74, 6) is 3.07. The minimum absolute atomic E-state index is 0.116. The van der Waals surface area contributed by atoms with Crippen LogP contribution in [-0.4, -0.2) is 11.7 Å². The molecular weight excluding hydrogens is 310 g/mol. The van der Waals surface area contributed by atoms with Crippen molar-refractivity contribution in [2.75, 3.05) is 0 Å². The van der Waals surface area contributed by atoms with E-state index in [2.05, 4.69) is 27.7 Å². The van der Waals surface area contributed by atoms with Crippen LogP contribution >= 0.6 is 0 Å². The Bertz CT molecular complexity index is 607. The molecule has 0 heterocycles. The fraction of sp³-hybridized carbons (Fsp3) is 0.909. The molecule has 4 aliphatic carbocycles. The number of carbonyl (C=O) groups is 2. The Balaban J connectivity index is 1.85. The first-order valence-electron chi connectivity index (χ1n) is 10.5. The maximum Gasteiger partial charge on any atom is 0.224 e. The number of ketones is 1. The number of rotatable bonds is 1. The van der Waals surface area contributed by atoms with Gasteiger partial charge in [0.15, 0.2) is 0 Å². The van der Waals surface area contributed by atoms with E-state index in [1.54, 1.807) is 0 Å². The summed E-state index contributed by atoms with van der Waals surface area (Å²) in [5, 5.41) is 0. The van der Waals surface area contributed by atoms with Crippen LogP contribution in [0.2, 0.25) is 0 Å². The highest BCUT2D eigenvalue weighted by Gasteiger charge is 2.71. The molecule has 1 amide bonds. The number of nitrogens with two attached hydrogens (primary N) is 1. The smallest absolute Gasteiger partial charge is 0.224 e. The molecule has 0 bridgehead atoms. The molecule has 2 N–H and O–H groups in total. The zero-order valence-electron chi connectivity index (χ0n) is 16.4. The highest BCUT2D eigenvalue weighted by Crippen LogP contribution is 2.71. The van der Waals surface area contributed by atoms with E-state index in [0.29, 0.717) is 24.0 Å². The average Bonchev–Trinajstić information content (AvgIpc) is 3.01. The van der Waals surface area contributed by atoms with E-state index in [0.717, 1.165) is 24.7 Å². The van der Waals surface area contributed by atoms with Crippen LogP contribution in [-0.2, 0) is 9.59 Å². The van der Waals surface area contributed by atoms with Crippen LogP contribution in [0.5, 0.6) is 0 Å². The summed E-state index contributed by atoms with van der Waals surface area (Å²) >= 11 is 0. The minimum Gasteiger partial charge on any atom is -0.369 e. The van der Waals surface area contributed by atoms with Crippen LogP contribution in [0.15, 0.2) is 0 Å². The van der Waals surface area contributed by atoms with Crippen molar-refractivity contribution >= 4 is 11.7 Å². The van der Waals surface area contributed by atoms with Crippen molar-refractivity contribution in [3.63, 3.8) is 0 Å². The third-order valence-electron chi connectivity index (χ3n) is 9.84. The summed E-state index contributed by atoms with van der Waals surface area (Å²) in [6, 6.07) is 0. The van der Waals surface area contributed by atoms with Crippen molar-refractivity contribution in [1.82, 2.24) is 0 Å². The summed E-state index contributed by atoms with van der Waals surface area (Å²) in [4.78, 5) is 26.1. The normalized spacial score (nSPS) is 47.5. The lowest BCUT2D eigenvalue weighted by Gasteiger charge is -2.67. The first-order chi connectivity index (χ1) is 11.7. The lowest BCUT2D eigenvalue weighted by atomic mass is 9.35. The van der Waals surface area contributed by atoms with Gasteiger partial charge in [0.05, 0.1) is 5.41 Å². The molecule has 0 saturated heterocycles. The highest BCUT2D eigenvalue weighted by atomic mass is 16.1. The van der Waals surface area contributed by atoms with Gasteiger partial charge in [0, 0.05) is 11.8 Å². The number of amides is 1. The number of hydrogen-bond acceptors (Lipinski definition) is 2. The van der Waals surface area contributed by atoms with Crippen molar-refractivity contribution < 1.29 is 9.59 Å². The Morgan fingerprint density at radius 1 is 0.960 bits per heavy atom. The van der Waals surface area contributed by atoms with Crippen molar-refractivity contribution in [2.45, 2.75) is 79.1 Å². The van der Waals surface area contributed by atoms with Gasteiger partial charge in [-0.05, 0) is 67.1 Å². The highest BCUT2D eigenvalue weighted by molar-refractivity contribution is 5.92. The number of carbonyl (C=O) groups excluding carboxylic acids is 2. The first-order valence-corrected chi connectivity index (χ1v) is 10.5. The van der Waals surface area contributed by atoms with Gasteiger partial charge in [0.2, 0.25) is 5.91 Å². The van der Waals surface area contributed by atoms with Gasteiger partial charge in [-0.2, -0.15) is 0 Å². The molecule has 4 saturated carbocycles. The molecule has 6 unspecified atom stereocenters. The van der Waals surface area contributed by atoms with Crippen LogP contribution in [0.1, 0.15) is 79.1 Å². The molecule has 0 aromatic heterocycles. The summed E-state index contributed by atoms with van der Waals surface area (Å²) in [6.07, 6.45) is 9.25. The van der Waals surface area contributed by atoms with Gasteiger partial charge in [0.1, 0.15) is 5.78 Å². The number of hydrogen-bond donors (Lipinski definition) is 1. The molecular formula is C22H35NO2. The maximum absolute atomic E-state index is 13.2. The maximum atomic E-state index is 13.2. The predicted molar refractivity (Wildman–Crippen MR) is 98.6 cm³/mol. The monoisotopic (exact) mass is 345 g/mol. The minimum atomic E-state index is -0.513. The Morgan fingerprint density at radius 3 is 2.36 bits per heavy atom. The summed E-state index contributed by atoms with van der Waals surface area (Å²) in [6.45, 7) is 8.46. The second-order valence-corrected chi connectivity index (χ2v) is 10.6. The Morgan fingerprint density at radius 2 is 1.68 bits per heavy atom. The predicted octanol–water partition coefficient (Wildman–Crippen LogP) is 4.34. The fourth-order valence-electron chi connectivity index (χ4n) is 8.07. The van der Waals surface area contributed by atoms with Gasteiger partial charge in [-0.25, -0.2) is 0 Å². The molecule has 4 rings (SSSR count). The van der Waals surface area contributed by atoms with Gasteiger partial charge in [0.25, 0.3) is 0 Å². The van der Waals surface area contributed by atoms with Crippen LogP contribution in [0.4, 0.5) is 0 Å². The number of fused-ring (bicyclic) bond motifs is 5. The fourth-order valence-corrected chi connectivity index (χ4v) is 8.07. The largest absolute Gasteiger partial charge is 0.369 e. The van der Waals surface area contributed by atoms with E-state index in [-0.39, 0.29) is 17.2 Å². The second kappa shape index (κ2) is 5.33. The van der Waals surface area contributed by atoms with Gasteiger partial charge >= 0.3 is 0 Å². The molecule has 0 aliphatic heterocycles. The zero-order valence-corrected chi connectivity index (χ0v) is 16.4. The van der Waals surface area contributed by atoms with Crippen LogP contribution < -0.4 is 5.73 Å². The van der Waals surface area contributed by atoms with Crippen LogP contribution in [0.3, 0.4) is 0 Å². The van der Waals surface area contributed by atoms with Crippen molar-refractivity contribution in [2.24, 2.45) is 51.6 Å². The molecule has 0 aromatic carbocycles. The SMILES string of the molecule is CC1(C)C(=O)CC2CCC3C4CCCC4CCC3C2(C(N)=O)C1(C)C. The van der Waals surface area contributed by atoms with Crippen LogP contribution in [0, 0.1) is 45.8 Å². The molecule has 6 atom stereocenters. The lowest BCUT2D eigenvalue weighted by molar-refractivity contribution is -0.206. The Labute approximate surface area is 152 Å². The van der Waals surface area contributed by atoms with Crippen molar-refractivity contribution in [3.8, 4) is 0 Å². The molecule has 0 radical (unpaired) electrons.